The summed E-state index contributed by atoms with van der Waals surface area (Å²) in [6.45, 7) is 1.91. The van der Waals surface area contributed by atoms with E-state index < -0.39 is 29.1 Å². The number of alkyl halides is 3. The van der Waals surface area contributed by atoms with Crippen molar-refractivity contribution < 1.29 is 22.2 Å². The van der Waals surface area contributed by atoms with Crippen molar-refractivity contribution in [3.05, 3.63) is 59.8 Å². The van der Waals surface area contributed by atoms with E-state index in [9.17, 15) is 13.2 Å². The fraction of sp³-hybridized carbons (Fsp3) is 0.111. The van der Waals surface area contributed by atoms with E-state index in [1.54, 1.807) is 24.3 Å². The standard InChI is InChI=1S/C18H11F3N4O2/c1-10-5-7-11(8-6-10)16-23-17(27-25-16)15-13(18(19,20)21)14(24-26-15)12-4-2-3-9-22-12/h2-9H,1H3. The lowest BCUT2D eigenvalue weighted by Crippen LogP contribution is -2.07. The predicted octanol–water partition coefficient (Wildman–Crippen LogP) is 4.78. The summed E-state index contributed by atoms with van der Waals surface area (Å²) in [5.74, 6) is -0.907. The highest BCUT2D eigenvalue weighted by Crippen LogP contribution is 2.42. The molecule has 4 aromatic rings. The molecule has 9 heteroatoms. The van der Waals surface area contributed by atoms with Gasteiger partial charge < -0.3 is 9.05 Å². The van der Waals surface area contributed by atoms with Gasteiger partial charge in [-0.05, 0) is 19.1 Å². The Morgan fingerprint density at radius 1 is 0.926 bits per heavy atom. The maximum Gasteiger partial charge on any atom is 0.422 e. The molecule has 4 rings (SSSR count). The number of halogens is 3. The maximum absolute atomic E-state index is 13.7. The largest absolute Gasteiger partial charge is 0.422 e. The van der Waals surface area contributed by atoms with E-state index in [2.05, 4.69) is 20.3 Å². The Morgan fingerprint density at radius 3 is 2.37 bits per heavy atom. The minimum absolute atomic E-state index is 0.0260. The number of benzene rings is 1. The molecule has 0 spiro atoms. The molecule has 0 aliphatic heterocycles. The third kappa shape index (κ3) is 3.19. The first kappa shape index (κ1) is 17.0. The van der Waals surface area contributed by atoms with Crippen molar-refractivity contribution >= 4 is 0 Å². The Bertz CT molecular complexity index is 1070. The first-order valence-electron chi connectivity index (χ1n) is 7.83. The molecule has 0 radical (unpaired) electrons. The highest BCUT2D eigenvalue weighted by atomic mass is 19.4. The van der Waals surface area contributed by atoms with Gasteiger partial charge in [0.1, 0.15) is 11.3 Å². The van der Waals surface area contributed by atoms with Crippen LogP contribution < -0.4 is 0 Å². The molecule has 27 heavy (non-hydrogen) atoms. The van der Waals surface area contributed by atoms with Crippen molar-refractivity contribution in [2.45, 2.75) is 13.1 Å². The van der Waals surface area contributed by atoms with Gasteiger partial charge in [0.15, 0.2) is 0 Å². The molecular formula is C18H11F3N4O2. The second-order valence-electron chi connectivity index (χ2n) is 5.74. The molecule has 0 atom stereocenters. The number of hydrogen-bond donors (Lipinski definition) is 0. The van der Waals surface area contributed by atoms with Crippen LogP contribution in [0.2, 0.25) is 0 Å². The first-order valence-corrected chi connectivity index (χ1v) is 7.83. The first-order chi connectivity index (χ1) is 12.9. The monoisotopic (exact) mass is 372 g/mol. The van der Waals surface area contributed by atoms with Crippen LogP contribution >= 0.6 is 0 Å². The summed E-state index contributed by atoms with van der Waals surface area (Å²) >= 11 is 0. The van der Waals surface area contributed by atoms with Gasteiger partial charge in [0.2, 0.25) is 11.6 Å². The summed E-state index contributed by atoms with van der Waals surface area (Å²) in [6.07, 6.45) is -3.38. The number of rotatable bonds is 3. The molecule has 3 aromatic heterocycles. The highest BCUT2D eigenvalue weighted by Gasteiger charge is 2.43. The molecule has 0 unspecified atom stereocenters. The van der Waals surface area contributed by atoms with Gasteiger partial charge in [-0.15, -0.1) is 0 Å². The molecule has 0 bridgehead atoms. The quantitative estimate of drug-likeness (QED) is 0.515. The number of aryl methyl sites for hydroxylation is 1. The Labute approximate surface area is 150 Å². The molecule has 0 aliphatic rings. The van der Waals surface area contributed by atoms with Crippen LogP contribution in [0.1, 0.15) is 11.1 Å². The Hall–Kier alpha value is -3.49. The number of hydrogen-bond acceptors (Lipinski definition) is 6. The summed E-state index contributed by atoms with van der Waals surface area (Å²) in [6, 6.07) is 11.7. The van der Waals surface area contributed by atoms with E-state index in [0.29, 0.717) is 5.56 Å². The predicted molar refractivity (Wildman–Crippen MR) is 88.2 cm³/mol. The summed E-state index contributed by atoms with van der Waals surface area (Å²) in [7, 11) is 0. The molecule has 0 saturated carbocycles. The fourth-order valence-electron chi connectivity index (χ4n) is 2.51. The molecule has 136 valence electrons. The van der Waals surface area contributed by atoms with Crippen LogP contribution in [0.15, 0.2) is 57.7 Å². The van der Waals surface area contributed by atoms with E-state index >= 15 is 0 Å². The second-order valence-corrected chi connectivity index (χ2v) is 5.74. The molecule has 0 aliphatic carbocycles. The van der Waals surface area contributed by atoms with Gasteiger partial charge in [-0.3, -0.25) is 4.98 Å². The second kappa shape index (κ2) is 6.35. The van der Waals surface area contributed by atoms with Crippen LogP contribution in [-0.2, 0) is 6.18 Å². The van der Waals surface area contributed by atoms with Crippen molar-refractivity contribution in [3.8, 4) is 34.4 Å². The minimum Gasteiger partial charge on any atom is -0.350 e. The lowest BCUT2D eigenvalue weighted by Gasteiger charge is -2.06. The Morgan fingerprint density at radius 2 is 1.70 bits per heavy atom. The van der Waals surface area contributed by atoms with Gasteiger partial charge in [0.25, 0.3) is 5.89 Å². The van der Waals surface area contributed by atoms with E-state index in [0.717, 1.165) is 5.56 Å². The molecule has 0 fully saturated rings. The van der Waals surface area contributed by atoms with Crippen molar-refractivity contribution in [1.82, 2.24) is 20.3 Å². The third-order valence-corrected chi connectivity index (χ3v) is 3.81. The van der Waals surface area contributed by atoms with E-state index in [-0.39, 0.29) is 11.5 Å². The average Bonchev–Trinajstić information content (AvgIpc) is 3.30. The van der Waals surface area contributed by atoms with Crippen LogP contribution in [0, 0.1) is 6.92 Å². The van der Waals surface area contributed by atoms with Crippen LogP contribution in [0.25, 0.3) is 34.4 Å². The summed E-state index contributed by atoms with van der Waals surface area (Å²) < 4.78 is 50.9. The van der Waals surface area contributed by atoms with E-state index in [4.69, 9.17) is 9.05 Å². The van der Waals surface area contributed by atoms with Gasteiger partial charge in [-0.25, -0.2) is 0 Å². The number of nitrogens with zero attached hydrogens (tertiary/aromatic N) is 4. The van der Waals surface area contributed by atoms with Crippen LogP contribution in [0.5, 0.6) is 0 Å². The zero-order valence-corrected chi connectivity index (χ0v) is 13.9. The Kier molecular flexibility index (Phi) is 3.98. The van der Waals surface area contributed by atoms with Gasteiger partial charge in [-0.2, -0.15) is 18.2 Å². The van der Waals surface area contributed by atoms with Crippen molar-refractivity contribution in [2.75, 3.05) is 0 Å². The average molecular weight is 372 g/mol. The molecule has 0 N–H and O–H groups in total. The zero-order chi connectivity index (χ0) is 19.0. The lowest BCUT2D eigenvalue weighted by molar-refractivity contribution is -0.137. The summed E-state index contributed by atoms with van der Waals surface area (Å²) in [5, 5.41) is 7.28. The summed E-state index contributed by atoms with van der Waals surface area (Å²) in [5.41, 5.74) is 0.109. The molecule has 3 heterocycles. The van der Waals surface area contributed by atoms with Gasteiger partial charge in [0, 0.05) is 11.8 Å². The van der Waals surface area contributed by atoms with Crippen molar-refractivity contribution in [1.29, 1.82) is 0 Å². The van der Waals surface area contributed by atoms with Gasteiger partial charge in [0.05, 0.1) is 5.69 Å². The molecule has 1 aromatic carbocycles. The van der Waals surface area contributed by atoms with Crippen LogP contribution in [0.4, 0.5) is 13.2 Å². The minimum atomic E-state index is -4.75. The molecule has 0 amide bonds. The topological polar surface area (TPSA) is 77.8 Å². The lowest BCUT2D eigenvalue weighted by atomic mass is 10.1. The third-order valence-electron chi connectivity index (χ3n) is 3.81. The van der Waals surface area contributed by atoms with Crippen molar-refractivity contribution in [2.24, 2.45) is 0 Å². The summed E-state index contributed by atoms with van der Waals surface area (Å²) in [4.78, 5) is 7.93. The van der Waals surface area contributed by atoms with Gasteiger partial charge in [-0.1, -0.05) is 46.2 Å². The van der Waals surface area contributed by atoms with Gasteiger partial charge >= 0.3 is 6.18 Å². The molecular weight excluding hydrogens is 361 g/mol. The number of pyridine rings is 1. The SMILES string of the molecule is Cc1ccc(-c2noc(-c3onc(-c4ccccn4)c3C(F)(F)F)n2)cc1. The van der Waals surface area contributed by atoms with Crippen LogP contribution in [0.3, 0.4) is 0 Å². The smallest absolute Gasteiger partial charge is 0.350 e. The normalized spacial score (nSPS) is 11.7. The molecule has 6 nitrogen and oxygen atoms in total. The number of aromatic nitrogens is 4. The highest BCUT2D eigenvalue weighted by molar-refractivity contribution is 5.68. The van der Waals surface area contributed by atoms with E-state index in [1.807, 2.05) is 19.1 Å². The van der Waals surface area contributed by atoms with Crippen LogP contribution in [-0.4, -0.2) is 20.3 Å². The molecule has 0 saturated heterocycles. The maximum atomic E-state index is 13.7. The Balaban J connectivity index is 1.81. The zero-order valence-electron chi connectivity index (χ0n) is 13.9. The van der Waals surface area contributed by atoms with Crippen molar-refractivity contribution in [3.63, 3.8) is 0 Å². The van der Waals surface area contributed by atoms with E-state index in [1.165, 1.54) is 12.3 Å². The fourth-order valence-corrected chi connectivity index (χ4v) is 2.51.